The van der Waals surface area contributed by atoms with Gasteiger partial charge < -0.3 is 5.11 Å². The lowest BCUT2D eigenvalue weighted by molar-refractivity contribution is 0.112. The molecule has 0 amide bonds. The lowest BCUT2D eigenvalue weighted by Gasteiger charge is -2.17. The molecule has 0 aromatic heterocycles. The first-order chi connectivity index (χ1) is 7.06. The monoisotopic (exact) mass is 230 g/mol. The normalized spacial score (nSPS) is 15.0. The highest BCUT2D eigenvalue weighted by molar-refractivity contribution is 6.30. The number of halogens is 2. The van der Waals surface area contributed by atoms with E-state index in [1.54, 1.807) is 12.1 Å². The molecule has 1 nitrogen and oxygen atoms in total. The van der Waals surface area contributed by atoms with Crippen LogP contribution in [0.25, 0.3) is 0 Å². The Morgan fingerprint density at radius 3 is 2.73 bits per heavy atom. The van der Waals surface area contributed by atoms with Gasteiger partial charge in [-0.15, -0.1) is 0 Å². The third-order valence-corrected chi connectivity index (χ3v) is 2.94. The molecule has 0 saturated heterocycles. The van der Waals surface area contributed by atoms with E-state index in [2.05, 4.69) is 0 Å². The zero-order valence-electron chi connectivity index (χ0n) is 9.00. The molecule has 0 radical (unpaired) electrons. The fraction of sp³-hybridized carbons (Fsp3) is 0.500. The van der Waals surface area contributed by atoms with Crippen molar-refractivity contribution in [3.05, 3.63) is 34.6 Å². The second-order valence-corrected chi connectivity index (χ2v) is 4.28. The van der Waals surface area contributed by atoms with Gasteiger partial charge in [-0.25, -0.2) is 4.39 Å². The van der Waals surface area contributed by atoms with E-state index in [0.29, 0.717) is 18.4 Å². The van der Waals surface area contributed by atoms with Crippen molar-refractivity contribution in [2.45, 2.75) is 32.8 Å². The number of hydrogen-bond acceptors (Lipinski definition) is 1. The van der Waals surface area contributed by atoms with Crippen LogP contribution in [0.1, 0.15) is 25.8 Å². The first kappa shape index (κ1) is 12.5. The Morgan fingerprint density at radius 2 is 2.13 bits per heavy atom. The largest absolute Gasteiger partial charge is 0.393 e. The summed E-state index contributed by atoms with van der Waals surface area (Å²) in [6, 6.07) is 4.97. The van der Waals surface area contributed by atoms with E-state index in [1.165, 1.54) is 6.07 Å². The molecule has 0 aliphatic heterocycles. The molecule has 84 valence electrons. The molecule has 0 saturated carbocycles. The van der Waals surface area contributed by atoms with E-state index >= 15 is 0 Å². The fourth-order valence-electron chi connectivity index (χ4n) is 1.59. The summed E-state index contributed by atoms with van der Waals surface area (Å²) < 4.78 is 13.5. The molecule has 1 aromatic carbocycles. The van der Waals surface area contributed by atoms with Gasteiger partial charge in [0.2, 0.25) is 0 Å². The second-order valence-electron chi connectivity index (χ2n) is 3.87. The lowest BCUT2D eigenvalue weighted by Crippen LogP contribution is -2.19. The predicted molar refractivity (Wildman–Crippen MR) is 60.6 cm³/mol. The molecule has 2 unspecified atom stereocenters. The Balaban J connectivity index is 2.76. The van der Waals surface area contributed by atoms with Gasteiger partial charge in [0.15, 0.2) is 0 Å². The SMILES string of the molecule is CCC(O)C(C)Cc1cccc(Cl)c1F. The maximum Gasteiger partial charge on any atom is 0.144 e. The zero-order valence-corrected chi connectivity index (χ0v) is 9.76. The zero-order chi connectivity index (χ0) is 11.4. The first-order valence-electron chi connectivity index (χ1n) is 5.17. The maximum absolute atomic E-state index is 13.5. The van der Waals surface area contributed by atoms with Crippen LogP contribution in [0, 0.1) is 11.7 Å². The molecule has 0 aliphatic rings. The number of aliphatic hydroxyl groups excluding tert-OH is 1. The molecule has 0 heterocycles. The number of rotatable bonds is 4. The maximum atomic E-state index is 13.5. The Morgan fingerprint density at radius 1 is 1.47 bits per heavy atom. The summed E-state index contributed by atoms with van der Waals surface area (Å²) in [4.78, 5) is 0. The predicted octanol–water partition coefficient (Wildman–Crippen LogP) is 3.43. The second kappa shape index (κ2) is 5.47. The van der Waals surface area contributed by atoms with Gasteiger partial charge in [0.25, 0.3) is 0 Å². The van der Waals surface area contributed by atoms with Gasteiger partial charge in [-0.3, -0.25) is 0 Å². The highest BCUT2D eigenvalue weighted by atomic mass is 35.5. The van der Waals surface area contributed by atoms with Gasteiger partial charge in [0.05, 0.1) is 11.1 Å². The Kier molecular flexibility index (Phi) is 4.55. The molecule has 0 bridgehead atoms. The average Bonchev–Trinajstić information content (AvgIpc) is 2.23. The summed E-state index contributed by atoms with van der Waals surface area (Å²) in [5.74, 6) is -0.322. The number of hydrogen-bond donors (Lipinski definition) is 1. The quantitative estimate of drug-likeness (QED) is 0.840. The molecular weight excluding hydrogens is 215 g/mol. The van der Waals surface area contributed by atoms with Crippen LogP contribution in [-0.4, -0.2) is 11.2 Å². The molecule has 1 aromatic rings. The summed E-state index contributed by atoms with van der Waals surface area (Å²) in [5.41, 5.74) is 0.572. The molecule has 15 heavy (non-hydrogen) atoms. The van der Waals surface area contributed by atoms with Crippen molar-refractivity contribution >= 4 is 11.6 Å². The van der Waals surface area contributed by atoms with Crippen LogP contribution in [0.5, 0.6) is 0 Å². The number of aliphatic hydroxyl groups is 1. The van der Waals surface area contributed by atoms with Crippen LogP contribution in [0.4, 0.5) is 4.39 Å². The third kappa shape index (κ3) is 3.18. The summed E-state index contributed by atoms with van der Waals surface area (Å²) >= 11 is 5.67. The summed E-state index contributed by atoms with van der Waals surface area (Å²) in [6.45, 7) is 3.82. The fourth-order valence-corrected chi connectivity index (χ4v) is 1.79. The summed E-state index contributed by atoms with van der Waals surface area (Å²) in [5, 5.41) is 9.74. The highest BCUT2D eigenvalue weighted by Gasteiger charge is 2.15. The van der Waals surface area contributed by atoms with Gasteiger partial charge in [0.1, 0.15) is 5.82 Å². The Bertz CT molecular complexity index is 327. The van der Waals surface area contributed by atoms with Crippen molar-refractivity contribution in [2.24, 2.45) is 5.92 Å². The van der Waals surface area contributed by atoms with Crippen LogP contribution in [0.3, 0.4) is 0 Å². The van der Waals surface area contributed by atoms with Gasteiger partial charge in [-0.2, -0.15) is 0 Å². The van der Waals surface area contributed by atoms with Crippen molar-refractivity contribution in [3.8, 4) is 0 Å². The van der Waals surface area contributed by atoms with Gasteiger partial charge in [-0.05, 0) is 30.4 Å². The van der Waals surface area contributed by atoms with Crippen molar-refractivity contribution < 1.29 is 9.50 Å². The van der Waals surface area contributed by atoms with Gasteiger partial charge >= 0.3 is 0 Å². The molecule has 0 spiro atoms. The minimum atomic E-state index is -0.386. The van der Waals surface area contributed by atoms with E-state index in [1.807, 2.05) is 13.8 Å². The molecule has 0 aliphatic carbocycles. The standard InChI is InChI=1S/C12H16ClFO/c1-3-11(15)8(2)7-9-5-4-6-10(13)12(9)14/h4-6,8,11,15H,3,7H2,1-2H3. The molecule has 3 heteroatoms. The first-order valence-corrected chi connectivity index (χ1v) is 5.55. The van der Waals surface area contributed by atoms with Crippen LogP contribution >= 0.6 is 11.6 Å². The van der Waals surface area contributed by atoms with E-state index in [0.717, 1.165) is 0 Å². The van der Waals surface area contributed by atoms with Crippen molar-refractivity contribution in [1.82, 2.24) is 0 Å². The average molecular weight is 231 g/mol. The van der Waals surface area contributed by atoms with Crippen molar-refractivity contribution in [3.63, 3.8) is 0 Å². The van der Waals surface area contributed by atoms with E-state index in [9.17, 15) is 9.50 Å². The lowest BCUT2D eigenvalue weighted by atomic mass is 9.94. The summed E-state index contributed by atoms with van der Waals surface area (Å²) in [7, 11) is 0. The molecule has 0 fully saturated rings. The Hall–Kier alpha value is -0.600. The highest BCUT2D eigenvalue weighted by Crippen LogP contribution is 2.22. The third-order valence-electron chi connectivity index (χ3n) is 2.65. The van der Waals surface area contributed by atoms with Crippen LogP contribution in [0.2, 0.25) is 5.02 Å². The van der Waals surface area contributed by atoms with Crippen molar-refractivity contribution in [1.29, 1.82) is 0 Å². The smallest absolute Gasteiger partial charge is 0.144 e. The van der Waals surface area contributed by atoms with E-state index < -0.39 is 0 Å². The summed E-state index contributed by atoms with van der Waals surface area (Å²) in [6.07, 6.45) is 0.813. The van der Waals surface area contributed by atoms with Crippen LogP contribution in [-0.2, 0) is 6.42 Å². The molecule has 1 rings (SSSR count). The minimum Gasteiger partial charge on any atom is -0.393 e. The van der Waals surface area contributed by atoms with Crippen molar-refractivity contribution in [2.75, 3.05) is 0 Å². The minimum absolute atomic E-state index is 0.0444. The topological polar surface area (TPSA) is 20.2 Å². The molecule has 2 atom stereocenters. The molecular formula is C12H16ClFO. The van der Waals surface area contributed by atoms with Crippen LogP contribution < -0.4 is 0 Å². The van der Waals surface area contributed by atoms with Crippen LogP contribution in [0.15, 0.2) is 18.2 Å². The van der Waals surface area contributed by atoms with Gasteiger partial charge in [-0.1, -0.05) is 37.6 Å². The molecule has 1 N–H and O–H groups in total. The van der Waals surface area contributed by atoms with E-state index in [-0.39, 0.29) is 22.9 Å². The Labute approximate surface area is 94.9 Å². The number of benzene rings is 1. The van der Waals surface area contributed by atoms with E-state index in [4.69, 9.17) is 11.6 Å². The van der Waals surface area contributed by atoms with Gasteiger partial charge in [0, 0.05) is 0 Å².